The van der Waals surface area contributed by atoms with Gasteiger partial charge in [-0.2, -0.15) is 0 Å². The van der Waals surface area contributed by atoms with Crippen LogP contribution in [0.15, 0.2) is 0 Å². The van der Waals surface area contributed by atoms with E-state index in [0.717, 1.165) is 17.8 Å². The van der Waals surface area contributed by atoms with E-state index in [0.29, 0.717) is 11.7 Å². The lowest BCUT2D eigenvalue weighted by molar-refractivity contribution is 0.0587. The highest BCUT2D eigenvalue weighted by Crippen LogP contribution is 2.11. The molecule has 0 aliphatic rings. The summed E-state index contributed by atoms with van der Waals surface area (Å²) in [6.07, 6.45) is 0.874. The highest BCUT2D eigenvalue weighted by molar-refractivity contribution is 5.85. The van der Waals surface area contributed by atoms with Crippen LogP contribution in [-0.4, -0.2) is 23.0 Å². The van der Waals surface area contributed by atoms with Crippen molar-refractivity contribution in [2.24, 2.45) is 5.92 Å². The number of ether oxygens (including phenoxy) is 1. The Morgan fingerprint density at radius 3 is 2.71 bits per heavy atom. The minimum absolute atomic E-state index is 0.292. The topological polar surface area (TPSA) is 55.0 Å². The number of hydrogen-bond donors (Lipinski definition) is 1. The van der Waals surface area contributed by atoms with Crippen LogP contribution in [0.25, 0.3) is 0 Å². The number of nitrogens with zero attached hydrogens (tertiary/aromatic N) is 1. The lowest BCUT2D eigenvalue weighted by Gasteiger charge is -2.00. The van der Waals surface area contributed by atoms with Gasteiger partial charge in [0.05, 0.1) is 12.8 Å². The number of carbonyl (C=O) groups excluding carboxylic acids is 1. The van der Waals surface area contributed by atoms with Gasteiger partial charge in [-0.25, -0.2) is 9.78 Å². The molecule has 0 fully saturated rings. The number of aromatic amines is 1. The van der Waals surface area contributed by atoms with Gasteiger partial charge in [0.15, 0.2) is 0 Å². The van der Waals surface area contributed by atoms with Gasteiger partial charge in [0.25, 0.3) is 0 Å². The van der Waals surface area contributed by atoms with Crippen molar-refractivity contribution < 1.29 is 9.53 Å². The number of nitrogens with one attached hydrogen (secondary N) is 1. The van der Waals surface area contributed by atoms with E-state index in [4.69, 9.17) is 0 Å². The molecule has 0 aliphatic heterocycles. The maximum atomic E-state index is 11.1. The van der Waals surface area contributed by atoms with E-state index < -0.39 is 5.97 Å². The lowest BCUT2D eigenvalue weighted by atomic mass is 10.1. The summed E-state index contributed by atoms with van der Waals surface area (Å²) in [4.78, 5) is 18.3. The summed E-state index contributed by atoms with van der Waals surface area (Å²) in [5.74, 6) is 0.409. The standard InChI is InChI=1S/C10H16N2O2/c1-6(2)5-8-7(3)11-9(12-8)10(13)14-4/h6H,5H2,1-4H3,(H,11,12). The fourth-order valence-electron chi connectivity index (χ4n) is 1.28. The number of aryl methyl sites for hydroxylation is 1. The summed E-state index contributed by atoms with van der Waals surface area (Å²) in [5, 5.41) is 0. The monoisotopic (exact) mass is 196 g/mol. The molecule has 4 nitrogen and oxygen atoms in total. The molecule has 0 radical (unpaired) electrons. The Morgan fingerprint density at radius 1 is 1.57 bits per heavy atom. The Balaban J connectivity index is 2.87. The number of aromatic nitrogens is 2. The van der Waals surface area contributed by atoms with Gasteiger partial charge < -0.3 is 9.72 Å². The summed E-state index contributed by atoms with van der Waals surface area (Å²) in [7, 11) is 1.35. The lowest BCUT2D eigenvalue weighted by Crippen LogP contribution is -2.03. The van der Waals surface area contributed by atoms with Crippen molar-refractivity contribution in [2.75, 3.05) is 7.11 Å². The molecule has 0 saturated heterocycles. The second-order valence-electron chi connectivity index (χ2n) is 3.75. The van der Waals surface area contributed by atoms with Gasteiger partial charge >= 0.3 is 5.97 Å². The Hall–Kier alpha value is -1.32. The molecule has 0 spiro atoms. The fourth-order valence-corrected chi connectivity index (χ4v) is 1.28. The highest BCUT2D eigenvalue weighted by atomic mass is 16.5. The molecule has 1 rings (SSSR count). The average Bonchev–Trinajstić information content (AvgIpc) is 2.46. The second kappa shape index (κ2) is 4.26. The van der Waals surface area contributed by atoms with Crippen molar-refractivity contribution in [3.05, 3.63) is 17.2 Å². The molecule has 1 aromatic heterocycles. The molecule has 1 heterocycles. The SMILES string of the molecule is COC(=O)c1nc(CC(C)C)c(C)[nH]1. The Kier molecular flexibility index (Phi) is 3.28. The first kappa shape index (κ1) is 10.8. The smallest absolute Gasteiger partial charge is 0.374 e. The molecular weight excluding hydrogens is 180 g/mol. The summed E-state index contributed by atoms with van der Waals surface area (Å²) in [5.41, 5.74) is 1.89. The number of H-pyrrole nitrogens is 1. The van der Waals surface area contributed by atoms with Crippen LogP contribution in [0.5, 0.6) is 0 Å². The summed E-state index contributed by atoms with van der Waals surface area (Å²) < 4.78 is 4.58. The average molecular weight is 196 g/mol. The highest BCUT2D eigenvalue weighted by Gasteiger charge is 2.14. The van der Waals surface area contributed by atoms with Crippen LogP contribution in [0.4, 0.5) is 0 Å². The summed E-state index contributed by atoms with van der Waals surface area (Å²) >= 11 is 0. The van der Waals surface area contributed by atoms with Crippen LogP contribution in [-0.2, 0) is 11.2 Å². The molecular formula is C10H16N2O2. The zero-order valence-electron chi connectivity index (χ0n) is 9.05. The maximum Gasteiger partial charge on any atom is 0.374 e. The van der Waals surface area contributed by atoms with E-state index in [1.165, 1.54) is 7.11 Å². The molecule has 0 aromatic carbocycles. The van der Waals surface area contributed by atoms with E-state index in [1.54, 1.807) is 0 Å². The molecule has 0 amide bonds. The van der Waals surface area contributed by atoms with Crippen molar-refractivity contribution >= 4 is 5.97 Å². The van der Waals surface area contributed by atoms with Crippen LogP contribution >= 0.6 is 0 Å². The van der Waals surface area contributed by atoms with Gasteiger partial charge in [-0.3, -0.25) is 0 Å². The quantitative estimate of drug-likeness (QED) is 0.748. The van der Waals surface area contributed by atoms with Gasteiger partial charge in [0.2, 0.25) is 5.82 Å². The number of esters is 1. The van der Waals surface area contributed by atoms with E-state index >= 15 is 0 Å². The Morgan fingerprint density at radius 2 is 2.21 bits per heavy atom. The Labute approximate surface area is 83.7 Å². The molecule has 1 N–H and O–H groups in total. The van der Waals surface area contributed by atoms with E-state index in [1.807, 2.05) is 6.92 Å². The van der Waals surface area contributed by atoms with Crippen LogP contribution in [0.3, 0.4) is 0 Å². The second-order valence-corrected chi connectivity index (χ2v) is 3.75. The predicted octanol–water partition coefficient (Wildman–Crippen LogP) is 1.70. The van der Waals surface area contributed by atoms with Gasteiger partial charge in [0, 0.05) is 5.69 Å². The van der Waals surface area contributed by atoms with E-state index in [9.17, 15) is 4.79 Å². The molecule has 0 atom stereocenters. The number of hydrogen-bond acceptors (Lipinski definition) is 3. The normalized spacial score (nSPS) is 10.6. The summed E-state index contributed by atoms with van der Waals surface area (Å²) in [6.45, 7) is 6.15. The minimum atomic E-state index is -0.414. The summed E-state index contributed by atoms with van der Waals surface area (Å²) in [6, 6.07) is 0. The number of carbonyl (C=O) groups is 1. The van der Waals surface area contributed by atoms with Gasteiger partial charge in [-0.05, 0) is 19.3 Å². The van der Waals surface area contributed by atoms with Gasteiger partial charge in [-0.1, -0.05) is 13.8 Å². The van der Waals surface area contributed by atoms with Gasteiger partial charge in [0.1, 0.15) is 0 Å². The molecule has 1 aromatic rings. The van der Waals surface area contributed by atoms with E-state index in [2.05, 4.69) is 28.6 Å². The first-order valence-corrected chi connectivity index (χ1v) is 4.68. The van der Waals surface area contributed by atoms with Crippen LogP contribution in [0.2, 0.25) is 0 Å². The molecule has 0 aliphatic carbocycles. The first-order chi connectivity index (χ1) is 6.54. The third kappa shape index (κ3) is 2.34. The maximum absolute atomic E-state index is 11.1. The number of rotatable bonds is 3. The van der Waals surface area contributed by atoms with Crippen molar-refractivity contribution in [3.8, 4) is 0 Å². The molecule has 0 saturated carbocycles. The zero-order valence-corrected chi connectivity index (χ0v) is 9.05. The van der Waals surface area contributed by atoms with Crippen LogP contribution in [0.1, 0.15) is 35.9 Å². The van der Waals surface area contributed by atoms with Crippen molar-refractivity contribution in [3.63, 3.8) is 0 Å². The van der Waals surface area contributed by atoms with Crippen molar-refractivity contribution in [2.45, 2.75) is 27.2 Å². The van der Waals surface area contributed by atoms with Crippen LogP contribution in [0, 0.1) is 12.8 Å². The molecule has 4 heteroatoms. The van der Waals surface area contributed by atoms with E-state index in [-0.39, 0.29) is 0 Å². The number of methoxy groups -OCH3 is 1. The third-order valence-corrected chi connectivity index (χ3v) is 1.97. The number of imidazole rings is 1. The predicted molar refractivity (Wildman–Crippen MR) is 53.2 cm³/mol. The molecule has 78 valence electrons. The minimum Gasteiger partial charge on any atom is -0.463 e. The van der Waals surface area contributed by atoms with Crippen molar-refractivity contribution in [1.29, 1.82) is 0 Å². The fraction of sp³-hybridized carbons (Fsp3) is 0.600. The third-order valence-electron chi connectivity index (χ3n) is 1.97. The molecule has 14 heavy (non-hydrogen) atoms. The Bertz CT molecular complexity index is 329. The first-order valence-electron chi connectivity index (χ1n) is 4.68. The molecule has 0 unspecified atom stereocenters. The van der Waals surface area contributed by atoms with Gasteiger partial charge in [-0.15, -0.1) is 0 Å². The van der Waals surface area contributed by atoms with Crippen LogP contribution < -0.4 is 0 Å². The zero-order chi connectivity index (χ0) is 10.7. The molecule has 0 bridgehead atoms. The largest absolute Gasteiger partial charge is 0.463 e. The van der Waals surface area contributed by atoms with Crippen molar-refractivity contribution in [1.82, 2.24) is 9.97 Å².